The van der Waals surface area contributed by atoms with E-state index in [1.54, 1.807) is 0 Å². The van der Waals surface area contributed by atoms with Gasteiger partial charge in [-0.25, -0.2) is 9.67 Å². The van der Waals surface area contributed by atoms with Crippen molar-refractivity contribution in [1.82, 2.24) is 19.3 Å². The molecule has 228 valence electrons. The Kier molecular flexibility index (Phi) is 6.36. The van der Waals surface area contributed by atoms with Crippen molar-refractivity contribution in [2.45, 2.75) is 78.2 Å². The second-order valence-corrected chi connectivity index (χ2v) is 14.8. The minimum absolute atomic E-state index is 0.0211. The maximum absolute atomic E-state index is 13.9. The molecule has 0 saturated heterocycles. The Morgan fingerprint density at radius 1 is 1.07 bits per heavy atom. The molecule has 0 aliphatic heterocycles. The molecule has 4 aliphatic carbocycles. The Bertz CT molecular complexity index is 1810. The second kappa shape index (κ2) is 10.00. The van der Waals surface area contributed by atoms with Crippen molar-refractivity contribution in [3.63, 3.8) is 0 Å². The average Bonchev–Trinajstić information content (AvgIpc) is 3.67. The maximum atomic E-state index is 13.9. The van der Waals surface area contributed by atoms with Gasteiger partial charge in [-0.1, -0.05) is 49.8 Å². The molecular weight excluding hydrogens is 544 g/mol. The molecule has 2 aromatic carbocycles. The predicted octanol–water partition coefficient (Wildman–Crippen LogP) is 7.04. The molecule has 6 nitrogen and oxygen atoms in total. The second-order valence-electron chi connectivity index (χ2n) is 14.8. The summed E-state index contributed by atoms with van der Waals surface area (Å²) in [4.78, 5) is 18.7. The number of aromatic nitrogens is 4. The molecule has 2 aromatic heterocycles. The summed E-state index contributed by atoms with van der Waals surface area (Å²) in [6.45, 7) is 6.88. The smallest absolute Gasteiger partial charge is 0.136 e. The molecular formula is C38H44N4O2. The molecule has 3 saturated carbocycles. The highest BCUT2D eigenvalue weighted by Gasteiger charge is 2.63. The minimum atomic E-state index is -0.406. The van der Waals surface area contributed by atoms with Gasteiger partial charge < -0.3 is 9.67 Å². The minimum Gasteiger partial charge on any atom is -0.393 e. The number of aryl methyl sites for hydroxylation is 3. The lowest BCUT2D eigenvalue weighted by Gasteiger charge is -2.59. The lowest BCUT2D eigenvalue weighted by atomic mass is 9.45. The Hall–Kier alpha value is -3.51. The Balaban J connectivity index is 1.04. The average molecular weight is 589 g/mol. The van der Waals surface area contributed by atoms with Gasteiger partial charge in [-0.3, -0.25) is 4.79 Å². The van der Waals surface area contributed by atoms with E-state index >= 15 is 0 Å². The van der Waals surface area contributed by atoms with E-state index in [0.717, 1.165) is 61.1 Å². The Labute approximate surface area is 260 Å². The summed E-state index contributed by atoms with van der Waals surface area (Å²) in [6.07, 6.45) is 11.1. The van der Waals surface area contributed by atoms with Crippen LogP contribution in [0, 0.1) is 41.4 Å². The lowest BCUT2D eigenvalue weighted by molar-refractivity contribution is -0.142. The fourth-order valence-corrected chi connectivity index (χ4v) is 10.5. The molecule has 44 heavy (non-hydrogen) atoms. The van der Waals surface area contributed by atoms with E-state index in [1.165, 1.54) is 22.4 Å². The predicted molar refractivity (Wildman–Crippen MR) is 173 cm³/mol. The number of Topliss-reactive ketones (excluding diaryl/α,β-unsaturated/α-hetero) is 1. The van der Waals surface area contributed by atoms with Crippen LogP contribution in [0.4, 0.5) is 0 Å². The number of ketones is 1. The molecule has 0 amide bonds. The third-order valence-corrected chi connectivity index (χ3v) is 12.6. The largest absolute Gasteiger partial charge is 0.393 e. The highest BCUT2D eigenvalue weighted by Crippen LogP contribution is 2.66. The van der Waals surface area contributed by atoms with E-state index < -0.39 is 6.10 Å². The number of allylic oxidation sites excluding steroid dienone is 1. The number of hydrogen-bond acceptors (Lipinski definition) is 4. The number of carbonyl (C=O) groups excluding carboxylic acids is 1. The number of benzene rings is 2. The number of fused-ring (bicyclic) bond motifs is 7. The van der Waals surface area contributed by atoms with Crippen molar-refractivity contribution in [3.05, 3.63) is 82.9 Å². The zero-order valence-corrected chi connectivity index (χ0v) is 26.5. The third-order valence-electron chi connectivity index (χ3n) is 12.6. The van der Waals surface area contributed by atoms with Gasteiger partial charge in [-0.15, -0.1) is 0 Å². The number of hydrogen-bond donors (Lipinski definition) is 1. The number of para-hydroxylation sites is 3. The van der Waals surface area contributed by atoms with Gasteiger partial charge in [0.2, 0.25) is 0 Å². The zero-order chi connectivity index (χ0) is 30.4. The van der Waals surface area contributed by atoms with Gasteiger partial charge in [0, 0.05) is 25.8 Å². The van der Waals surface area contributed by atoms with Gasteiger partial charge in [-0.2, -0.15) is 5.10 Å². The van der Waals surface area contributed by atoms with Crippen molar-refractivity contribution in [2.24, 2.45) is 41.5 Å². The van der Waals surface area contributed by atoms with Crippen molar-refractivity contribution in [2.75, 3.05) is 0 Å². The van der Waals surface area contributed by atoms with Crippen LogP contribution in [-0.4, -0.2) is 36.3 Å². The molecule has 1 N–H and O–H groups in total. The van der Waals surface area contributed by atoms with Crippen LogP contribution in [0.2, 0.25) is 0 Å². The van der Waals surface area contributed by atoms with Gasteiger partial charge in [-0.05, 0) is 109 Å². The summed E-state index contributed by atoms with van der Waals surface area (Å²) in [5.41, 5.74) is 8.18. The van der Waals surface area contributed by atoms with Crippen LogP contribution < -0.4 is 0 Å². The van der Waals surface area contributed by atoms with E-state index in [4.69, 9.17) is 10.1 Å². The molecule has 4 aliphatic rings. The van der Waals surface area contributed by atoms with E-state index in [-0.39, 0.29) is 22.7 Å². The first-order valence-electron chi connectivity index (χ1n) is 16.6. The van der Waals surface area contributed by atoms with Crippen molar-refractivity contribution in [1.29, 1.82) is 0 Å². The summed E-state index contributed by atoms with van der Waals surface area (Å²) in [5.74, 6) is 2.50. The van der Waals surface area contributed by atoms with Crippen LogP contribution in [0.5, 0.6) is 0 Å². The van der Waals surface area contributed by atoms with E-state index in [2.05, 4.69) is 72.6 Å². The maximum Gasteiger partial charge on any atom is 0.136 e. The molecule has 2 heterocycles. The summed E-state index contributed by atoms with van der Waals surface area (Å²) >= 11 is 0. The van der Waals surface area contributed by atoms with Gasteiger partial charge >= 0.3 is 0 Å². The lowest BCUT2D eigenvalue weighted by Crippen LogP contribution is -2.57. The van der Waals surface area contributed by atoms with Crippen LogP contribution in [0.15, 0.2) is 60.3 Å². The standard InChI is InChI=1S/C38H44N4O2/c1-23-9-5-7-11-30(23)42-32-19-25-13-14-26-27-15-16-28(33(43)17-18-35-40-29-10-6-8-12-31(29)41(35)4)38(27,3)21-34(44)36(26)37(25,2)20-24(32)22-39-42/h5-12,19,22,26-28,34,36,44H,13-18,20-21H2,1-4H3. The van der Waals surface area contributed by atoms with E-state index in [1.807, 2.05) is 25.2 Å². The van der Waals surface area contributed by atoms with Crippen LogP contribution in [-0.2, 0) is 24.7 Å². The molecule has 6 heteroatoms. The third kappa shape index (κ3) is 3.99. The first-order valence-corrected chi connectivity index (χ1v) is 16.6. The van der Waals surface area contributed by atoms with Crippen LogP contribution in [0.25, 0.3) is 22.8 Å². The van der Waals surface area contributed by atoms with Crippen molar-refractivity contribution in [3.8, 4) is 5.69 Å². The van der Waals surface area contributed by atoms with Gasteiger partial charge in [0.05, 0.1) is 34.7 Å². The van der Waals surface area contributed by atoms with E-state index in [0.29, 0.717) is 30.5 Å². The zero-order valence-electron chi connectivity index (χ0n) is 26.5. The van der Waals surface area contributed by atoms with Crippen LogP contribution in [0.1, 0.15) is 75.0 Å². The summed E-state index contributed by atoms with van der Waals surface area (Å²) in [7, 11) is 2.05. The fourth-order valence-electron chi connectivity index (χ4n) is 10.5. The summed E-state index contributed by atoms with van der Waals surface area (Å²) < 4.78 is 4.24. The first kappa shape index (κ1) is 28.0. The molecule has 7 atom stereocenters. The number of aliphatic hydroxyl groups is 1. The van der Waals surface area contributed by atoms with Crippen molar-refractivity contribution < 1.29 is 9.90 Å². The quantitative estimate of drug-likeness (QED) is 0.272. The molecule has 0 radical (unpaired) electrons. The number of carbonyl (C=O) groups is 1. The van der Waals surface area contributed by atoms with Crippen LogP contribution in [0.3, 0.4) is 0 Å². The summed E-state index contributed by atoms with van der Waals surface area (Å²) in [6, 6.07) is 16.6. The molecule has 8 rings (SSSR count). The number of nitrogens with zero attached hydrogens (tertiary/aromatic N) is 4. The normalized spacial score (nSPS) is 32.5. The molecule has 0 bridgehead atoms. The van der Waals surface area contributed by atoms with Crippen LogP contribution >= 0.6 is 0 Å². The van der Waals surface area contributed by atoms with Gasteiger partial charge in [0.15, 0.2) is 0 Å². The summed E-state index contributed by atoms with van der Waals surface area (Å²) in [5, 5.41) is 16.9. The monoisotopic (exact) mass is 588 g/mol. The number of aliphatic hydroxyl groups excluding tert-OH is 1. The number of rotatable bonds is 5. The Morgan fingerprint density at radius 2 is 1.86 bits per heavy atom. The topological polar surface area (TPSA) is 72.9 Å². The molecule has 7 unspecified atom stereocenters. The molecule has 3 fully saturated rings. The van der Waals surface area contributed by atoms with Gasteiger partial charge in [0.1, 0.15) is 11.6 Å². The van der Waals surface area contributed by atoms with Crippen molar-refractivity contribution >= 4 is 22.9 Å². The SMILES string of the molecule is Cc1ccccc1-n1ncc2c1C=C1CCC3C(C(O)CC4(C)C(C(=O)CCc5nc6ccccc6n5C)CCC34)C1(C)C2. The fraction of sp³-hybridized carbons (Fsp3) is 0.500. The molecule has 0 spiro atoms. The molecule has 4 aromatic rings. The van der Waals surface area contributed by atoms with E-state index in [9.17, 15) is 9.90 Å². The highest BCUT2D eigenvalue weighted by atomic mass is 16.3. The highest BCUT2D eigenvalue weighted by molar-refractivity contribution is 5.83. The Morgan fingerprint density at radius 3 is 2.68 bits per heavy atom. The first-order chi connectivity index (χ1) is 21.2. The van der Waals surface area contributed by atoms with Gasteiger partial charge in [0.25, 0.3) is 0 Å². The number of imidazole rings is 1.